The maximum atomic E-state index is 13.4. The molecule has 0 amide bonds. The molecule has 0 bridgehead atoms. The van der Waals surface area contributed by atoms with Crippen LogP contribution in [0.25, 0.3) is 10.9 Å². The first-order chi connectivity index (χ1) is 14.2. The van der Waals surface area contributed by atoms with Crippen LogP contribution >= 0.6 is 0 Å². The van der Waals surface area contributed by atoms with E-state index in [4.69, 9.17) is 6.42 Å². The van der Waals surface area contributed by atoms with Gasteiger partial charge in [0, 0.05) is 36.1 Å². The van der Waals surface area contributed by atoms with Crippen molar-refractivity contribution in [2.24, 2.45) is 0 Å². The molecule has 156 valence electrons. The number of terminal acetylenes is 1. The van der Waals surface area contributed by atoms with Crippen LogP contribution in [-0.2, 0) is 22.7 Å². The summed E-state index contributed by atoms with van der Waals surface area (Å²) in [5.74, 6) is 2.48. The highest BCUT2D eigenvalue weighted by Crippen LogP contribution is 2.39. The van der Waals surface area contributed by atoms with Gasteiger partial charge in [-0.05, 0) is 30.2 Å². The van der Waals surface area contributed by atoms with Crippen LogP contribution < -0.4 is 0 Å². The van der Waals surface area contributed by atoms with Crippen LogP contribution in [0.2, 0.25) is 0 Å². The number of para-hydroxylation sites is 1. The van der Waals surface area contributed by atoms with Crippen molar-refractivity contribution in [1.29, 1.82) is 0 Å². The van der Waals surface area contributed by atoms with Gasteiger partial charge in [0.2, 0.25) is 10.0 Å². The fraction of sp³-hybridized carbons (Fsp3) is 0.273. The SMILES string of the molecule is C#CCn1cc(C2CCN(S(=O)(=O)c3ccccc3C(F)(F)F)C2)c2ccccc21. The molecule has 1 aliphatic heterocycles. The number of aromatic nitrogens is 1. The third-order valence-corrected chi connectivity index (χ3v) is 7.41. The number of halogens is 3. The number of alkyl halides is 3. The summed E-state index contributed by atoms with van der Waals surface area (Å²) in [4.78, 5) is -0.701. The van der Waals surface area contributed by atoms with E-state index in [0.717, 1.165) is 32.9 Å². The molecule has 8 heteroatoms. The van der Waals surface area contributed by atoms with Gasteiger partial charge < -0.3 is 4.57 Å². The van der Waals surface area contributed by atoms with Crippen molar-refractivity contribution in [2.75, 3.05) is 13.1 Å². The van der Waals surface area contributed by atoms with Crippen molar-refractivity contribution < 1.29 is 21.6 Å². The van der Waals surface area contributed by atoms with Crippen LogP contribution in [0.1, 0.15) is 23.5 Å². The van der Waals surface area contributed by atoms with Crippen LogP contribution in [0.3, 0.4) is 0 Å². The molecule has 1 unspecified atom stereocenters. The Bertz CT molecular complexity index is 1240. The molecule has 2 aromatic carbocycles. The molecule has 2 heterocycles. The van der Waals surface area contributed by atoms with Gasteiger partial charge in [0.05, 0.1) is 17.0 Å². The highest BCUT2D eigenvalue weighted by atomic mass is 32.2. The van der Waals surface area contributed by atoms with Gasteiger partial charge in [-0.1, -0.05) is 36.3 Å². The highest BCUT2D eigenvalue weighted by Gasteiger charge is 2.41. The van der Waals surface area contributed by atoms with E-state index in [1.165, 1.54) is 12.1 Å². The van der Waals surface area contributed by atoms with Gasteiger partial charge in [-0.25, -0.2) is 8.42 Å². The molecule has 1 aromatic heterocycles. The molecule has 0 radical (unpaired) electrons. The second-order valence-electron chi connectivity index (χ2n) is 7.28. The van der Waals surface area contributed by atoms with Gasteiger partial charge in [-0.2, -0.15) is 17.5 Å². The summed E-state index contributed by atoms with van der Waals surface area (Å²) in [6.45, 7) is 0.667. The minimum Gasteiger partial charge on any atom is -0.336 e. The second kappa shape index (κ2) is 7.49. The molecule has 0 saturated carbocycles. The van der Waals surface area contributed by atoms with Gasteiger partial charge in [0.1, 0.15) is 0 Å². The Morgan fingerprint density at radius 3 is 2.53 bits per heavy atom. The Morgan fingerprint density at radius 1 is 1.10 bits per heavy atom. The first kappa shape index (κ1) is 20.5. The summed E-state index contributed by atoms with van der Waals surface area (Å²) in [6, 6.07) is 12.0. The van der Waals surface area contributed by atoms with Crippen molar-refractivity contribution in [2.45, 2.75) is 30.0 Å². The summed E-state index contributed by atoms with van der Waals surface area (Å²) in [7, 11) is -4.28. The Hall–Kier alpha value is -2.76. The topological polar surface area (TPSA) is 42.3 Å². The molecular formula is C22H19F3N2O2S. The molecular weight excluding hydrogens is 413 g/mol. The van der Waals surface area contributed by atoms with Crippen molar-refractivity contribution in [1.82, 2.24) is 8.87 Å². The van der Waals surface area contributed by atoms with Gasteiger partial charge in [0.15, 0.2) is 0 Å². The number of sulfonamides is 1. The van der Waals surface area contributed by atoms with E-state index in [0.29, 0.717) is 13.0 Å². The molecule has 4 nitrogen and oxygen atoms in total. The lowest BCUT2D eigenvalue weighted by Gasteiger charge is -2.20. The number of fused-ring (bicyclic) bond motifs is 1. The molecule has 1 atom stereocenters. The summed E-state index contributed by atoms with van der Waals surface area (Å²) < 4.78 is 69.2. The van der Waals surface area contributed by atoms with Crippen LogP contribution in [0, 0.1) is 12.3 Å². The van der Waals surface area contributed by atoms with Gasteiger partial charge in [-0.3, -0.25) is 0 Å². The normalized spacial score (nSPS) is 18.0. The Labute approximate surface area is 173 Å². The van der Waals surface area contributed by atoms with Gasteiger partial charge >= 0.3 is 6.18 Å². The molecule has 30 heavy (non-hydrogen) atoms. The minimum atomic E-state index is -4.74. The largest absolute Gasteiger partial charge is 0.417 e. The van der Waals surface area contributed by atoms with Crippen molar-refractivity contribution in [3.8, 4) is 12.3 Å². The monoisotopic (exact) mass is 432 g/mol. The van der Waals surface area contributed by atoms with Crippen molar-refractivity contribution in [3.05, 3.63) is 65.9 Å². The van der Waals surface area contributed by atoms with E-state index in [2.05, 4.69) is 5.92 Å². The van der Waals surface area contributed by atoms with Gasteiger partial charge in [-0.15, -0.1) is 6.42 Å². The third kappa shape index (κ3) is 3.48. The number of benzene rings is 2. The van der Waals surface area contributed by atoms with E-state index in [1.807, 2.05) is 35.0 Å². The fourth-order valence-electron chi connectivity index (χ4n) is 4.09. The van der Waals surface area contributed by atoms with Crippen molar-refractivity contribution >= 4 is 20.9 Å². The summed E-state index contributed by atoms with van der Waals surface area (Å²) >= 11 is 0. The summed E-state index contributed by atoms with van der Waals surface area (Å²) in [6.07, 6.45) is 3.16. The maximum absolute atomic E-state index is 13.4. The van der Waals surface area contributed by atoms with Gasteiger partial charge in [0.25, 0.3) is 0 Å². The average Bonchev–Trinajstić information content (AvgIpc) is 3.34. The second-order valence-corrected chi connectivity index (χ2v) is 9.18. The van der Waals surface area contributed by atoms with E-state index in [-0.39, 0.29) is 19.0 Å². The first-order valence-corrected chi connectivity index (χ1v) is 10.8. The van der Waals surface area contributed by atoms with Crippen molar-refractivity contribution in [3.63, 3.8) is 0 Å². The van der Waals surface area contributed by atoms with Crippen LogP contribution in [0.15, 0.2) is 59.6 Å². The van der Waals surface area contributed by atoms with E-state index in [9.17, 15) is 21.6 Å². The quantitative estimate of drug-likeness (QED) is 0.571. The maximum Gasteiger partial charge on any atom is 0.417 e. The Morgan fingerprint density at radius 2 is 1.80 bits per heavy atom. The smallest absolute Gasteiger partial charge is 0.336 e. The van der Waals surface area contributed by atoms with E-state index < -0.39 is 26.7 Å². The lowest BCUT2D eigenvalue weighted by molar-refractivity contribution is -0.139. The molecule has 0 N–H and O–H groups in total. The molecule has 1 saturated heterocycles. The van der Waals surface area contributed by atoms with E-state index in [1.54, 1.807) is 0 Å². The van der Waals surface area contributed by atoms with Crippen LogP contribution in [0.4, 0.5) is 13.2 Å². The fourth-order valence-corrected chi connectivity index (χ4v) is 5.81. The van der Waals surface area contributed by atoms with Crippen LogP contribution in [0.5, 0.6) is 0 Å². The predicted octanol–water partition coefficient (Wildman–Crippen LogP) is 4.47. The summed E-state index contributed by atoms with van der Waals surface area (Å²) in [5, 5.41) is 0.979. The number of rotatable bonds is 4. The average molecular weight is 432 g/mol. The first-order valence-electron chi connectivity index (χ1n) is 9.41. The number of nitrogens with zero attached hydrogens (tertiary/aromatic N) is 2. The molecule has 4 rings (SSSR count). The molecule has 1 aliphatic rings. The zero-order valence-corrected chi connectivity index (χ0v) is 16.7. The zero-order chi connectivity index (χ0) is 21.5. The predicted molar refractivity (Wildman–Crippen MR) is 108 cm³/mol. The molecule has 1 fully saturated rings. The lowest BCUT2D eigenvalue weighted by atomic mass is 9.98. The molecule has 0 spiro atoms. The summed E-state index contributed by atoms with van der Waals surface area (Å²) in [5.41, 5.74) is 0.774. The lowest BCUT2D eigenvalue weighted by Crippen LogP contribution is -2.30. The molecule has 3 aromatic rings. The zero-order valence-electron chi connectivity index (χ0n) is 15.9. The highest BCUT2D eigenvalue weighted by molar-refractivity contribution is 7.89. The van der Waals surface area contributed by atoms with Crippen LogP contribution in [-0.4, -0.2) is 30.4 Å². The molecule has 0 aliphatic carbocycles. The standard InChI is InChI=1S/C22H19F3N2O2S/c1-2-12-26-15-18(17-7-3-5-9-20(17)26)16-11-13-27(14-16)30(28,29)21-10-6-4-8-19(21)22(23,24)25/h1,3-10,15-16H,11-14H2. The number of hydrogen-bond donors (Lipinski definition) is 0. The number of hydrogen-bond acceptors (Lipinski definition) is 2. The minimum absolute atomic E-state index is 0.123. The van der Waals surface area contributed by atoms with E-state index >= 15 is 0 Å². The Kier molecular flexibility index (Phi) is 5.12. The third-order valence-electron chi connectivity index (χ3n) is 5.48. The Balaban J connectivity index is 1.68.